The van der Waals surface area contributed by atoms with E-state index in [0.29, 0.717) is 6.54 Å². The quantitative estimate of drug-likeness (QED) is 0.789. The molecule has 0 saturated heterocycles. The smallest absolute Gasteiger partial charge is 0.317 e. The van der Waals surface area contributed by atoms with E-state index in [1.807, 2.05) is 30.3 Å². The number of hydrogen-bond donors (Lipinski definition) is 2. The number of nitrogens with zero attached hydrogens (tertiary/aromatic N) is 1. The summed E-state index contributed by atoms with van der Waals surface area (Å²) in [5.74, 6) is -0.955. The summed E-state index contributed by atoms with van der Waals surface area (Å²) in [5.41, 5.74) is 1.03. The Morgan fingerprint density at radius 1 is 1.35 bits per heavy atom. The van der Waals surface area contributed by atoms with Crippen molar-refractivity contribution in [3.63, 3.8) is 0 Å². The van der Waals surface area contributed by atoms with Crippen LogP contribution in [0.3, 0.4) is 0 Å². The Morgan fingerprint density at radius 2 is 2.00 bits per heavy atom. The minimum Gasteiger partial charge on any atom is -0.481 e. The second-order valence-electron chi connectivity index (χ2n) is 4.48. The van der Waals surface area contributed by atoms with Crippen LogP contribution in [0.25, 0.3) is 0 Å². The van der Waals surface area contributed by atoms with Crippen LogP contribution in [-0.2, 0) is 16.1 Å². The lowest BCUT2D eigenvalue weighted by Gasteiger charge is -2.20. The summed E-state index contributed by atoms with van der Waals surface area (Å²) in [4.78, 5) is 24.0. The van der Waals surface area contributed by atoms with Gasteiger partial charge in [0.2, 0.25) is 0 Å². The normalized spacial score (nSPS) is 11.7. The Kier molecular flexibility index (Phi) is 6.52. The number of carboxylic acid groups (broad SMARTS) is 1. The summed E-state index contributed by atoms with van der Waals surface area (Å²) in [5, 5.41) is 11.3. The van der Waals surface area contributed by atoms with Gasteiger partial charge in [0.1, 0.15) is 0 Å². The third-order valence-corrected chi connectivity index (χ3v) is 2.83. The number of urea groups is 1. The molecule has 0 fully saturated rings. The molecule has 110 valence electrons. The van der Waals surface area contributed by atoms with Crippen LogP contribution in [0, 0.1) is 0 Å². The molecule has 0 aliphatic heterocycles. The number of carbonyl (C=O) groups is 2. The molecule has 0 aliphatic carbocycles. The van der Waals surface area contributed by atoms with E-state index in [2.05, 4.69) is 5.32 Å². The molecular formula is C14H20N2O4. The highest BCUT2D eigenvalue weighted by atomic mass is 16.5. The fourth-order valence-electron chi connectivity index (χ4n) is 1.70. The lowest BCUT2D eigenvalue weighted by atomic mass is 10.2. The number of carbonyl (C=O) groups excluding carboxylic acids is 1. The predicted molar refractivity (Wildman–Crippen MR) is 74.4 cm³/mol. The second kappa shape index (κ2) is 8.16. The van der Waals surface area contributed by atoms with Gasteiger partial charge in [-0.2, -0.15) is 0 Å². The fraction of sp³-hybridized carbons (Fsp3) is 0.429. The van der Waals surface area contributed by atoms with Crippen LogP contribution < -0.4 is 5.32 Å². The highest BCUT2D eigenvalue weighted by Gasteiger charge is 2.15. The van der Waals surface area contributed by atoms with Crippen LogP contribution in [0.1, 0.15) is 12.0 Å². The van der Waals surface area contributed by atoms with Crippen molar-refractivity contribution in [3.05, 3.63) is 35.9 Å². The van der Waals surface area contributed by atoms with Crippen LogP contribution in [0.2, 0.25) is 0 Å². The lowest BCUT2D eigenvalue weighted by Crippen LogP contribution is -2.41. The SMILES string of the molecule is COC(CNC(=O)N(C)Cc1ccccc1)CC(=O)O. The molecule has 1 unspecified atom stereocenters. The van der Waals surface area contributed by atoms with E-state index in [9.17, 15) is 9.59 Å². The molecule has 0 spiro atoms. The highest BCUT2D eigenvalue weighted by Crippen LogP contribution is 2.03. The molecule has 0 aliphatic rings. The number of benzene rings is 1. The number of nitrogens with one attached hydrogen (secondary N) is 1. The van der Waals surface area contributed by atoms with E-state index in [1.54, 1.807) is 7.05 Å². The summed E-state index contributed by atoms with van der Waals surface area (Å²) in [6.45, 7) is 0.657. The first-order chi connectivity index (χ1) is 9.52. The molecule has 6 nitrogen and oxygen atoms in total. The van der Waals surface area contributed by atoms with Crippen molar-refractivity contribution in [2.75, 3.05) is 20.7 Å². The molecule has 0 aromatic heterocycles. The molecule has 2 amide bonds. The summed E-state index contributed by atoms with van der Waals surface area (Å²) >= 11 is 0. The van der Waals surface area contributed by atoms with E-state index in [4.69, 9.17) is 9.84 Å². The molecule has 0 radical (unpaired) electrons. The van der Waals surface area contributed by atoms with Crippen molar-refractivity contribution in [2.45, 2.75) is 19.1 Å². The van der Waals surface area contributed by atoms with Crippen LogP contribution in [0.4, 0.5) is 4.79 Å². The number of hydrogen-bond acceptors (Lipinski definition) is 3. The number of ether oxygens (including phenoxy) is 1. The maximum atomic E-state index is 11.9. The van der Waals surface area contributed by atoms with Gasteiger partial charge in [-0.1, -0.05) is 30.3 Å². The Hall–Kier alpha value is -2.08. The van der Waals surface area contributed by atoms with Gasteiger partial charge in [0, 0.05) is 27.2 Å². The first-order valence-corrected chi connectivity index (χ1v) is 6.30. The molecule has 0 bridgehead atoms. The standard InChI is InChI=1S/C14H20N2O4/c1-16(10-11-6-4-3-5-7-11)14(19)15-9-12(20-2)8-13(17)18/h3-7,12H,8-10H2,1-2H3,(H,15,19)(H,17,18). The molecule has 20 heavy (non-hydrogen) atoms. The molecular weight excluding hydrogens is 260 g/mol. The average Bonchev–Trinajstić information content (AvgIpc) is 2.43. The number of carboxylic acids is 1. The Labute approximate surface area is 118 Å². The first-order valence-electron chi connectivity index (χ1n) is 6.30. The predicted octanol–water partition coefficient (Wildman–Crippen LogP) is 1.32. The van der Waals surface area contributed by atoms with Crippen LogP contribution in [-0.4, -0.2) is 48.8 Å². The highest BCUT2D eigenvalue weighted by molar-refractivity contribution is 5.74. The average molecular weight is 280 g/mol. The van der Waals surface area contributed by atoms with Gasteiger partial charge in [-0.05, 0) is 5.56 Å². The number of amides is 2. The van der Waals surface area contributed by atoms with Crippen molar-refractivity contribution in [1.29, 1.82) is 0 Å². The molecule has 0 saturated carbocycles. The number of aliphatic carboxylic acids is 1. The minimum absolute atomic E-state index is 0.140. The van der Waals surface area contributed by atoms with Crippen LogP contribution in [0.5, 0.6) is 0 Å². The third-order valence-electron chi connectivity index (χ3n) is 2.83. The van der Waals surface area contributed by atoms with Gasteiger partial charge < -0.3 is 20.1 Å². The van der Waals surface area contributed by atoms with Crippen molar-refractivity contribution in [1.82, 2.24) is 10.2 Å². The zero-order valence-electron chi connectivity index (χ0n) is 11.7. The summed E-state index contributed by atoms with van der Waals surface area (Å²) in [7, 11) is 3.11. The van der Waals surface area contributed by atoms with E-state index < -0.39 is 12.1 Å². The summed E-state index contributed by atoms with van der Waals surface area (Å²) < 4.78 is 5.00. The Bertz CT molecular complexity index is 436. The number of rotatable bonds is 7. The first kappa shape index (κ1) is 16.0. The minimum atomic E-state index is -0.955. The summed E-state index contributed by atoms with van der Waals surface area (Å²) in [6, 6.07) is 9.35. The molecule has 1 atom stereocenters. The monoisotopic (exact) mass is 280 g/mol. The van der Waals surface area contributed by atoms with E-state index >= 15 is 0 Å². The fourth-order valence-corrected chi connectivity index (χ4v) is 1.70. The summed E-state index contributed by atoms with van der Waals surface area (Å²) in [6.07, 6.45) is -0.666. The van der Waals surface area contributed by atoms with E-state index in [0.717, 1.165) is 5.56 Å². The topological polar surface area (TPSA) is 78.9 Å². The molecule has 0 heterocycles. The molecule has 1 rings (SSSR count). The van der Waals surface area contributed by atoms with Crippen LogP contribution in [0.15, 0.2) is 30.3 Å². The Morgan fingerprint density at radius 3 is 2.55 bits per heavy atom. The van der Waals surface area contributed by atoms with E-state index in [1.165, 1.54) is 12.0 Å². The second-order valence-corrected chi connectivity index (χ2v) is 4.48. The van der Waals surface area contributed by atoms with Crippen molar-refractivity contribution >= 4 is 12.0 Å². The van der Waals surface area contributed by atoms with Gasteiger partial charge in [0.05, 0.1) is 12.5 Å². The molecule has 1 aromatic carbocycles. The van der Waals surface area contributed by atoms with Crippen molar-refractivity contribution in [2.24, 2.45) is 0 Å². The maximum Gasteiger partial charge on any atom is 0.317 e. The van der Waals surface area contributed by atoms with Gasteiger partial charge in [0.25, 0.3) is 0 Å². The number of methoxy groups -OCH3 is 1. The zero-order chi connectivity index (χ0) is 15.0. The van der Waals surface area contributed by atoms with E-state index in [-0.39, 0.29) is 19.0 Å². The van der Waals surface area contributed by atoms with Crippen LogP contribution >= 0.6 is 0 Å². The molecule has 1 aromatic rings. The zero-order valence-corrected chi connectivity index (χ0v) is 11.7. The van der Waals surface area contributed by atoms with Crippen molar-refractivity contribution < 1.29 is 19.4 Å². The van der Waals surface area contributed by atoms with Gasteiger partial charge >= 0.3 is 12.0 Å². The third kappa shape index (κ3) is 5.71. The van der Waals surface area contributed by atoms with Gasteiger partial charge in [-0.25, -0.2) is 4.79 Å². The van der Waals surface area contributed by atoms with Gasteiger partial charge in [-0.3, -0.25) is 4.79 Å². The molecule has 6 heteroatoms. The van der Waals surface area contributed by atoms with Gasteiger partial charge in [-0.15, -0.1) is 0 Å². The maximum absolute atomic E-state index is 11.9. The van der Waals surface area contributed by atoms with Gasteiger partial charge in [0.15, 0.2) is 0 Å². The molecule has 2 N–H and O–H groups in total. The lowest BCUT2D eigenvalue weighted by molar-refractivity contribution is -0.139. The Balaban J connectivity index is 2.39. The van der Waals surface area contributed by atoms with Crippen molar-refractivity contribution in [3.8, 4) is 0 Å². The largest absolute Gasteiger partial charge is 0.481 e.